The molecule has 0 aliphatic carbocycles. The molecular weight excluding hydrogens is 185 g/mol. The average Bonchev–Trinajstić information content (AvgIpc) is 2.45. The third kappa shape index (κ3) is 1.78. The molecule has 0 saturated heterocycles. The largest absolute Gasteiger partial charge is 0.386 e. The molecule has 15 heavy (non-hydrogen) atoms. The van der Waals surface area contributed by atoms with Crippen molar-refractivity contribution in [3.63, 3.8) is 0 Å². The van der Waals surface area contributed by atoms with Gasteiger partial charge in [0.15, 0.2) is 0 Å². The molecule has 0 spiro atoms. The number of fused-ring (bicyclic) bond motifs is 1. The Morgan fingerprint density at radius 1 is 1.47 bits per heavy atom. The second-order valence-electron chi connectivity index (χ2n) is 4.70. The van der Waals surface area contributed by atoms with Crippen LogP contribution in [0.3, 0.4) is 0 Å². The van der Waals surface area contributed by atoms with E-state index in [4.69, 9.17) is 0 Å². The second kappa shape index (κ2) is 3.72. The Balaban J connectivity index is 2.40. The zero-order valence-corrected chi connectivity index (χ0v) is 9.58. The molecule has 0 saturated carbocycles. The monoisotopic (exact) mass is 201 g/mol. The van der Waals surface area contributed by atoms with Crippen molar-refractivity contribution in [1.29, 1.82) is 0 Å². The van der Waals surface area contributed by atoms with Crippen LogP contribution in [0.4, 0.5) is 0 Å². The Labute approximate surface area is 91.7 Å². The van der Waals surface area contributed by atoms with Crippen LogP contribution in [0.1, 0.15) is 35.3 Å². The molecular formula is C12H16BNO. The van der Waals surface area contributed by atoms with Crippen molar-refractivity contribution >= 4 is 13.9 Å². The number of hydrogen-bond acceptors (Lipinski definition) is 1. The summed E-state index contributed by atoms with van der Waals surface area (Å²) < 4.78 is 0. The molecule has 2 nitrogen and oxygen atoms in total. The van der Waals surface area contributed by atoms with E-state index < -0.39 is 0 Å². The minimum atomic E-state index is 0.163. The van der Waals surface area contributed by atoms with Crippen LogP contribution in [-0.2, 0) is 13.0 Å². The predicted octanol–water partition coefficient (Wildman–Crippen LogP) is 1.39. The summed E-state index contributed by atoms with van der Waals surface area (Å²) in [5.41, 5.74) is 3.47. The van der Waals surface area contributed by atoms with Crippen molar-refractivity contribution in [1.82, 2.24) is 4.81 Å². The highest BCUT2D eigenvalue weighted by molar-refractivity contribution is 6.20. The Kier molecular flexibility index (Phi) is 2.55. The van der Waals surface area contributed by atoms with Crippen LogP contribution in [0, 0.1) is 5.92 Å². The van der Waals surface area contributed by atoms with Gasteiger partial charge in [-0.05, 0) is 29.5 Å². The summed E-state index contributed by atoms with van der Waals surface area (Å²) in [4.78, 5) is 13.5. The highest BCUT2D eigenvalue weighted by atomic mass is 16.2. The maximum absolute atomic E-state index is 11.8. The normalized spacial score (nSPS) is 14.9. The van der Waals surface area contributed by atoms with Gasteiger partial charge >= 0.3 is 0 Å². The fraction of sp³-hybridized carbons (Fsp3) is 0.417. The van der Waals surface area contributed by atoms with Gasteiger partial charge in [-0.15, -0.1) is 0 Å². The van der Waals surface area contributed by atoms with E-state index in [0.29, 0.717) is 5.92 Å². The molecule has 0 fully saturated rings. The number of hydrogen-bond donors (Lipinski definition) is 0. The average molecular weight is 201 g/mol. The van der Waals surface area contributed by atoms with Gasteiger partial charge in [0, 0.05) is 12.1 Å². The molecule has 1 aromatic rings. The van der Waals surface area contributed by atoms with Crippen LogP contribution in [0.25, 0.3) is 0 Å². The van der Waals surface area contributed by atoms with Crippen LogP contribution >= 0.6 is 0 Å². The van der Waals surface area contributed by atoms with E-state index in [1.54, 1.807) is 4.81 Å². The van der Waals surface area contributed by atoms with E-state index in [9.17, 15) is 4.79 Å². The van der Waals surface area contributed by atoms with Crippen molar-refractivity contribution in [3.8, 4) is 0 Å². The van der Waals surface area contributed by atoms with E-state index in [0.717, 1.165) is 18.5 Å². The van der Waals surface area contributed by atoms with Gasteiger partial charge in [-0.1, -0.05) is 26.0 Å². The molecule has 1 aliphatic rings. The molecule has 0 unspecified atom stereocenters. The topological polar surface area (TPSA) is 20.3 Å². The van der Waals surface area contributed by atoms with Gasteiger partial charge in [-0.25, -0.2) is 0 Å². The SMILES string of the molecule is BN1Cc2c(CC(C)C)cccc2C1=O. The first kappa shape index (κ1) is 10.3. The number of nitrogens with zero attached hydrogens (tertiary/aromatic N) is 1. The lowest BCUT2D eigenvalue weighted by atomic mass is 9.96. The van der Waals surface area contributed by atoms with Crippen LogP contribution in [0.2, 0.25) is 0 Å². The van der Waals surface area contributed by atoms with Crippen molar-refractivity contribution in [3.05, 3.63) is 34.9 Å². The third-order valence-electron chi connectivity index (χ3n) is 2.87. The van der Waals surface area contributed by atoms with Gasteiger partial charge in [0.25, 0.3) is 0 Å². The molecule has 1 amide bonds. The molecule has 78 valence electrons. The summed E-state index contributed by atoms with van der Waals surface area (Å²) in [5.74, 6) is 0.799. The molecule has 1 heterocycles. The second-order valence-corrected chi connectivity index (χ2v) is 4.70. The van der Waals surface area contributed by atoms with Crippen molar-refractivity contribution < 1.29 is 4.79 Å². The minimum Gasteiger partial charge on any atom is -0.386 e. The molecule has 0 bridgehead atoms. The summed E-state index contributed by atoms with van der Waals surface area (Å²) in [6.07, 6.45) is 1.06. The number of benzene rings is 1. The van der Waals surface area contributed by atoms with Crippen LogP contribution in [0.5, 0.6) is 0 Å². The van der Waals surface area contributed by atoms with Gasteiger partial charge in [-0.3, -0.25) is 4.79 Å². The lowest BCUT2D eigenvalue weighted by molar-refractivity contribution is 0.0880. The van der Waals surface area contributed by atoms with Gasteiger partial charge in [0.2, 0.25) is 13.9 Å². The van der Waals surface area contributed by atoms with E-state index in [-0.39, 0.29) is 5.91 Å². The lowest BCUT2D eigenvalue weighted by Gasteiger charge is -2.10. The van der Waals surface area contributed by atoms with Gasteiger partial charge in [0.1, 0.15) is 0 Å². The quantitative estimate of drug-likeness (QED) is 0.662. The summed E-state index contributed by atoms with van der Waals surface area (Å²) in [7, 11) is 1.86. The molecule has 0 atom stereocenters. The standard InChI is InChI=1S/C12H16BNO/c1-8(2)6-9-4-3-5-10-11(9)7-14(13)12(10)15/h3-5,8H,6-7,13H2,1-2H3. The number of carbonyl (C=O) groups is 1. The van der Waals surface area contributed by atoms with Crippen molar-refractivity contribution in [2.45, 2.75) is 26.8 Å². The van der Waals surface area contributed by atoms with E-state index >= 15 is 0 Å². The van der Waals surface area contributed by atoms with Crippen molar-refractivity contribution in [2.24, 2.45) is 5.92 Å². The summed E-state index contributed by atoms with van der Waals surface area (Å²) >= 11 is 0. The predicted molar refractivity (Wildman–Crippen MR) is 63.4 cm³/mol. The highest BCUT2D eigenvalue weighted by Crippen LogP contribution is 2.26. The Hall–Kier alpha value is -1.25. The van der Waals surface area contributed by atoms with Crippen LogP contribution < -0.4 is 0 Å². The fourth-order valence-corrected chi connectivity index (χ4v) is 2.17. The van der Waals surface area contributed by atoms with Crippen LogP contribution in [-0.4, -0.2) is 18.7 Å². The Morgan fingerprint density at radius 2 is 2.20 bits per heavy atom. The first-order valence-electron chi connectivity index (χ1n) is 5.46. The van der Waals surface area contributed by atoms with Gasteiger partial charge in [0.05, 0.1) is 0 Å². The zero-order chi connectivity index (χ0) is 11.0. The highest BCUT2D eigenvalue weighted by Gasteiger charge is 2.25. The first-order chi connectivity index (χ1) is 7.09. The number of carbonyl (C=O) groups excluding carboxylic acids is 1. The molecule has 0 aromatic heterocycles. The molecule has 1 aliphatic heterocycles. The first-order valence-corrected chi connectivity index (χ1v) is 5.46. The third-order valence-corrected chi connectivity index (χ3v) is 2.87. The molecule has 2 rings (SSSR count). The Morgan fingerprint density at radius 3 is 2.87 bits per heavy atom. The molecule has 0 radical (unpaired) electrons. The van der Waals surface area contributed by atoms with Gasteiger partial charge in [-0.2, -0.15) is 0 Å². The zero-order valence-electron chi connectivity index (χ0n) is 9.58. The fourth-order valence-electron chi connectivity index (χ4n) is 2.17. The minimum absolute atomic E-state index is 0.163. The van der Waals surface area contributed by atoms with E-state index in [1.165, 1.54) is 11.1 Å². The molecule has 1 aromatic carbocycles. The van der Waals surface area contributed by atoms with E-state index in [2.05, 4.69) is 19.9 Å². The Bertz CT molecular complexity index is 401. The summed E-state index contributed by atoms with van der Waals surface area (Å²) in [5, 5.41) is 0. The number of amides is 1. The van der Waals surface area contributed by atoms with Crippen molar-refractivity contribution in [2.75, 3.05) is 0 Å². The smallest absolute Gasteiger partial charge is 0.241 e. The summed E-state index contributed by atoms with van der Waals surface area (Å²) in [6, 6.07) is 6.07. The van der Waals surface area contributed by atoms with Crippen LogP contribution in [0.15, 0.2) is 18.2 Å². The maximum atomic E-state index is 11.8. The maximum Gasteiger partial charge on any atom is 0.241 e. The number of rotatable bonds is 2. The van der Waals surface area contributed by atoms with E-state index in [1.807, 2.05) is 20.1 Å². The molecule has 0 N–H and O–H groups in total. The summed E-state index contributed by atoms with van der Waals surface area (Å²) in [6.45, 7) is 5.19. The van der Waals surface area contributed by atoms with Gasteiger partial charge < -0.3 is 4.81 Å². The lowest BCUT2D eigenvalue weighted by Crippen LogP contribution is -2.19. The molecule has 3 heteroatoms.